The summed E-state index contributed by atoms with van der Waals surface area (Å²) in [7, 11) is 0. The number of fused-ring (bicyclic) bond motifs is 2. The number of aliphatic hydroxyl groups excluding tert-OH is 1. The standard InChI is InChI=1S/C18H28O.C7H6O3/c1-5-16(17-11-8-10-15(4)14-17)12-9-13-18(19,6-2)7-3;8-7(9)5-2-1-4-3-6(5)10-4/h8,10-12,14,19H,5-7,9,13H2,1-4H3;1-3,7-9H. The van der Waals surface area contributed by atoms with Gasteiger partial charge in [-0.3, -0.25) is 0 Å². The number of benzene rings is 2. The van der Waals surface area contributed by atoms with Crippen LogP contribution in [0.25, 0.3) is 5.57 Å². The van der Waals surface area contributed by atoms with E-state index in [1.807, 2.05) is 0 Å². The summed E-state index contributed by atoms with van der Waals surface area (Å²) in [6.45, 7) is 8.45. The molecule has 2 aromatic carbocycles. The first kappa shape index (κ1) is 23.1. The topological polar surface area (TPSA) is 69.9 Å². The Kier molecular flexibility index (Phi) is 8.45. The van der Waals surface area contributed by atoms with Crippen molar-refractivity contribution in [3.63, 3.8) is 0 Å². The molecule has 2 aliphatic rings. The molecule has 0 aromatic heterocycles. The molecule has 0 saturated heterocycles. The van der Waals surface area contributed by atoms with E-state index >= 15 is 0 Å². The Balaban J connectivity index is 0.000000248. The molecule has 0 amide bonds. The fourth-order valence-electron chi connectivity index (χ4n) is 3.38. The molecule has 158 valence electrons. The van der Waals surface area contributed by atoms with Gasteiger partial charge in [0.05, 0.1) is 11.2 Å². The highest BCUT2D eigenvalue weighted by atomic mass is 16.5. The molecule has 0 atom stereocenters. The van der Waals surface area contributed by atoms with Crippen LogP contribution in [-0.2, 0) is 0 Å². The highest BCUT2D eigenvalue weighted by Crippen LogP contribution is 2.39. The first-order valence-electron chi connectivity index (χ1n) is 10.5. The third-order valence-electron chi connectivity index (χ3n) is 5.58. The van der Waals surface area contributed by atoms with Gasteiger partial charge in [0.25, 0.3) is 0 Å². The van der Waals surface area contributed by atoms with E-state index in [-0.39, 0.29) is 0 Å². The van der Waals surface area contributed by atoms with Gasteiger partial charge in [-0.2, -0.15) is 0 Å². The van der Waals surface area contributed by atoms with E-state index < -0.39 is 11.9 Å². The Morgan fingerprint density at radius 1 is 1.07 bits per heavy atom. The summed E-state index contributed by atoms with van der Waals surface area (Å²) in [5, 5.41) is 27.7. The maximum atomic E-state index is 10.3. The van der Waals surface area contributed by atoms with Crippen LogP contribution in [0.5, 0.6) is 11.5 Å². The minimum Gasteiger partial charge on any atom is -0.457 e. The van der Waals surface area contributed by atoms with Crippen LogP contribution < -0.4 is 4.74 Å². The molecule has 3 N–H and O–H groups in total. The molecule has 0 radical (unpaired) electrons. The molecule has 2 aromatic rings. The van der Waals surface area contributed by atoms with Gasteiger partial charge < -0.3 is 20.1 Å². The van der Waals surface area contributed by atoms with Gasteiger partial charge in [0.1, 0.15) is 11.5 Å². The molecule has 2 bridgehead atoms. The molecule has 0 fully saturated rings. The molecular weight excluding hydrogens is 364 g/mol. The van der Waals surface area contributed by atoms with Gasteiger partial charge in [0.15, 0.2) is 6.29 Å². The van der Waals surface area contributed by atoms with Crippen LogP contribution in [0.15, 0.2) is 48.5 Å². The van der Waals surface area contributed by atoms with Crippen molar-refractivity contribution in [1.82, 2.24) is 0 Å². The molecule has 2 aliphatic heterocycles. The maximum absolute atomic E-state index is 10.3. The zero-order valence-corrected chi connectivity index (χ0v) is 18.0. The molecule has 29 heavy (non-hydrogen) atoms. The Bertz CT molecular complexity index is 816. The van der Waals surface area contributed by atoms with Crippen molar-refractivity contribution in [2.24, 2.45) is 0 Å². The summed E-state index contributed by atoms with van der Waals surface area (Å²) in [5.41, 5.74) is 3.95. The highest BCUT2D eigenvalue weighted by molar-refractivity contribution is 5.65. The smallest absolute Gasteiger partial charge is 0.182 e. The third kappa shape index (κ3) is 6.43. The van der Waals surface area contributed by atoms with E-state index in [1.54, 1.807) is 18.2 Å². The fourth-order valence-corrected chi connectivity index (χ4v) is 3.38. The quantitative estimate of drug-likeness (QED) is 0.414. The lowest BCUT2D eigenvalue weighted by molar-refractivity contribution is -0.0442. The predicted molar refractivity (Wildman–Crippen MR) is 118 cm³/mol. The van der Waals surface area contributed by atoms with Gasteiger partial charge >= 0.3 is 0 Å². The molecule has 0 unspecified atom stereocenters. The summed E-state index contributed by atoms with van der Waals surface area (Å²) < 4.78 is 4.98. The van der Waals surface area contributed by atoms with Crippen molar-refractivity contribution in [3.05, 3.63) is 65.2 Å². The Morgan fingerprint density at radius 3 is 2.21 bits per heavy atom. The number of hydrogen-bond acceptors (Lipinski definition) is 4. The van der Waals surface area contributed by atoms with Gasteiger partial charge in [-0.1, -0.05) is 56.7 Å². The SMILES string of the molecule is CCC(=CCCC(O)(CC)CC)c1cccc(C)c1.OC(O)c1ccc2cc1O2. The molecule has 2 heterocycles. The Labute approximate surface area is 174 Å². The molecule has 0 spiro atoms. The number of ether oxygens (including phenoxy) is 1. The van der Waals surface area contributed by atoms with Crippen molar-refractivity contribution in [3.8, 4) is 11.5 Å². The van der Waals surface area contributed by atoms with E-state index in [2.05, 4.69) is 58.0 Å². The van der Waals surface area contributed by atoms with E-state index in [9.17, 15) is 5.11 Å². The van der Waals surface area contributed by atoms with Gasteiger partial charge in [-0.05, 0) is 62.3 Å². The molecular formula is C25H34O4. The second-order valence-corrected chi connectivity index (χ2v) is 7.60. The molecule has 4 nitrogen and oxygen atoms in total. The predicted octanol–water partition coefficient (Wildman–Crippen LogP) is 5.90. The summed E-state index contributed by atoms with van der Waals surface area (Å²) in [6, 6.07) is 13.7. The highest BCUT2D eigenvalue weighted by Gasteiger charge is 2.20. The zero-order valence-electron chi connectivity index (χ0n) is 18.0. The van der Waals surface area contributed by atoms with Crippen LogP contribution in [-0.4, -0.2) is 20.9 Å². The first-order valence-corrected chi connectivity index (χ1v) is 10.5. The lowest BCUT2D eigenvalue weighted by Gasteiger charge is -2.24. The summed E-state index contributed by atoms with van der Waals surface area (Å²) in [4.78, 5) is 0. The van der Waals surface area contributed by atoms with Crippen molar-refractivity contribution >= 4 is 5.57 Å². The average Bonchev–Trinajstić information content (AvgIpc) is 2.71. The number of aliphatic hydroxyl groups is 3. The van der Waals surface area contributed by atoms with Crippen LogP contribution in [0.4, 0.5) is 0 Å². The van der Waals surface area contributed by atoms with Crippen molar-refractivity contribution in [1.29, 1.82) is 0 Å². The van der Waals surface area contributed by atoms with E-state index in [0.29, 0.717) is 11.3 Å². The summed E-state index contributed by atoms with van der Waals surface area (Å²) >= 11 is 0. The number of allylic oxidation sites excluding steroid dienone is 2. The third-order valence-corrected chi connectivity index (χ3v) is 5.58. The van der Waals surface area contributed by atoms with Crippen LogP contribution in [0.2, 0.25) is 0 Å². The normalized spacial score (nSPS) is 12.8. The van der Waals surface area contributed by atoms with E-state index in [0.717, 1.165) is 37.9 Å². The zero-order chi connectivity index (χ0) is 21.4. The first-order chi connectivity index (χ1) is 13.8. The van der Waals surface area contributed by atoms with Crippen LogP contribution >= 0.6 is 0 Å². The molecule has 4 heteroatoms. The van der Waals surface area contributed by atoms with Crippen molar-refractivity contribution in [2.45, 2.75) is 71.7 Å². The van der Waals surface area contributed by atoms with E-state index in [1.165, 1.54) is 16.7 Å². The Hall–Kier alpha value is -2.14. The van der Waals surface area contributed by atoms with Gasteiger partial charge in [0.2, 0.25) is 0 Å². The monoisotopic (exact) mass is 398 g/mol. The molecule has 0 aliphatic carbocycles. The molecule has 4 rings (SSSR count). The summed E-state index contributed by atoms with van der Waals surface area (Å²) in [5.74, 6) is 1.34. The summed E-state index contributed by atoms with van der Waals surface area (Å²) in [6.07, 6.45) is 5.40. The van der Waals surface area contributed by atoms with Gasteiger partial charge in [-0.15, -0.1) is 0 Å². The van der Waals surface area contributed by atoms with E-state index in [4.69, 9.17) is 14.9 Å². The lowest BCUT2D eigenvalue weighted by atomic mass is 9.90. The van der Waals surface area contributed by atoms with Crippen molar-refractivity contribution < 1.29 is 20.1 Å². The number of aryl methyl sites for hydroxylation is 1. The minimum atomic E-state index is -1.43. The molecule has 0 saturated carbocycles. The average molecular weight is 399 g/mol. The maximum Gasteiger partial charge on any atom is 0.182 e. The van der Waals surface area contributed by atoms with Crippen LogP contribution in [0, 0.1) is 6.92 Å². The largest absolute Gasteiger partial charge is 0.457 e. The van der Waals surface area contributed by atoms with Crippen LogP contribution in [0.1, 0.15) is 75.9 Å². The number of hydrogen-bond donors (Lipinski definition) is 3. The number of rotatable bonds is 8. The van der Waals surface area contributed by atoms with Crippen LogP contribution in [0.3, 0.4) is 0 Å². The van der Waals surface area contributed by atoms with Gasteiger partial charge in [0, 0.05) is 6.07 Å². The lowest BCUT2D eigenvalue weighted by Crippen LogP contribution is -2.25. The second kappa shape index (κ2) is 10.6. The minimum absolute atomic E-state index is 0.426. The second-order valence-electron chi connectivity index (χ2n) is 7.60. The fraction of sp³-hybridized carbons (Fsp3) is 0.440. The van der Waals surface area contributed by atoms with Gasteiger partial charge in [-0.25, -0.2) is 0 Å². The van der Waals surface area contributed by atoms with Crippen molar-refractivity contribution in [2.75, 3.05) is 0 Å². The Morgan fingerprint density at radius 2 is 1.76 bits per heavy atom.